The number of pyridine rings is 2. The number of carbonyl (C=O) groups is 2. The summed E-state index contributed by atoms with van der Waals surface area (Å²) in [6.45, 7) is 2.60. The van der Waals surface area contributed by atoms with Crippen LogP contribution in [-0.2, 0) is 6.42 Å². The molecule has 0 radical (unpaired) electrons. The molecule has 7 heteroatoms. The third-order valence-electron chi connectivity index (χ3n) is 5.53. The molecule has 1 unspecified atom stereocenters. The van der Waals surface area contributed by atoms with Gasteiger partial charge in [-0.05, 0) is 42.2 Å². The van der Waals surface area contributed by atoms with Crippen molar-refractivity contribution in [2.45, 2.75) is 19.4 Å². The average Bonchev–Trinajstić information content (AvgIpc) is 3.31. The van der Waals surface area contributed by atoms with Crippen molar-refractivity contribution >= 4 is 23.3 Å². The topological polar surface area (TPSA) is 87.2 Å². The number of hydrogen-bond acceptors (Lipinski definition) is 4. The van der Waals surface area contributed by atoms with Gasteiger partial charge < -0.3 is 10.6 Å². The first-order valence-electron chi connectivity index (χ1n) is 9.50. The number of rotatable bonds is 2. The maximum Gasteiger partial charge on any atom is 0.326 e. The smallest absolute Gasteiger partial charge is 0.326 e. The number of nitrogens with one attached hydrogen (secondary N) is 2. The molecule has 2 aliphatic rings. The predicted molar refractivity (Wildman–Crippen MR) is 109 cm³/mol. The molecule has 0 spiro atoms. The van der Waals surface area contributed by atoms with E-state index in [0.717, 1.165) is 28.8 Å². The van der Waals surface area contributed by atoms with Crippen LogP contribution < -0.4 is 15.5 Å². The van der Waals surface area contributed by atoms with Gasteiger partial charge in [-0.2, -0.15) is 0 Å². The van der Waals surface area contributed by atoms with Crippen LogP contribution >= 0.6 is 0 Å². The van der Waals surface area contributed by atoms with Crippen LogP contribution in [0.4, 0.5) is 16.2 Å². The summed E-state index contributed by atoms with van der Waals surface area (Å²) in [6.07, 6.45) is 5.81. The zero-order valence-electron chi connectivity index (χ0n) is 15.8. The summed E-state index contributed by atoms with van der Waals surface area (Å²) in [5, 5.41) is 6.00. The number of urea groups is 1. The lowest BCUT2D eigenvalue weighted by molar-refractivity contribution is 0.0956. The number of aromatic nitrogens is 2. The van der Waals surface area contributed by atoms with Crippen molar-refractivity contribution in [1.82, 2.24) is 15.3 Å². The normalized spacial score (nSPS) is 16.9. The molecule has 0 fully saturated rings. The van der Waals surface area contributed by atoms with Gasteiger partial charge in [0, 0.05) is 30.7 Å². The summed E-state index contributed by atoms with van der Waals surface area (Å²) in [4.78, 5) is 35.6. The van der Waals surface area contributed by atoms with Crippen molar-refractivity contribution in [3.63, 3.8) is 0 Å². The summed E-state index contributed by atoms with van der Waals surface area (Å²) in [5.41, 5.74) is 5.61. The van der Waals surface area contributed by atoms with Crippen molar-refractivity contribution in [3.05, 3.63) is 82.9 Å². The van der Waals surface area contributed by atoms with Crippen LogP contribution in [0.3, 0.4) is 0 Å². The van der Waals surface area contributed by atoms with Gasteiger partial charge in [-0.15, -0.1) is 0 Å². The second kappa shape index (κ2) is 6.70. The van der Waals surface area contributed by atoms with Crippen LogP contribution in [0.25, 0.3) is 0 Å². The Balaban J connectivity index is 1.51. The number of amides is 3. The Morgan fingerprint density at radius 2 is 2.07 bits per heavy atom. The molecule has 144 valence electrons. The molecule has 2 aliphatic heterocycles. The second-order valence-electron chi connectivity index (χ2n) is 7.22. The minimum Gasteiger partial charge on any atom is -0.340 e. The lowest BCUT2D eigenvalue weighted by atomic mass is 9.95. The third-order valence-corrected chi connectivity index (χ3v) is 5.53. The molecule has 0 saturated carbocycles. The Kier molecular flexibility index (Phi) is 4.01. The number of anilines is 2. The van der Waals surface area contributed by atoms with Crippen molar-refractivity contribution in [2.24, 2.45) is 0 Å². The SMILES string of the molecule is Cc1ccccc1C1NC(=O)c2nccc(NC(=O)N3CCc4cnccc43)c21. The molecule has 3 amide bonds. The van der Waals surface area contributed by atoms with Crippen molar-refractivity contribution < 1.29 is 9.59 Å². The summed E-state index contributed by atoms with van der Waals surface area (Å²) >= 11 is 0. The van der Waals surface area contributed by atoms with Crippen LogP contribution in [-0.4, -0.2) is 28.5 Å². The average molecular weight is 385 g/mol. The maximum atomic E-state index is 13.0. The molecule has 0 aliphatic carbocycles. The molecular formula is C22H19N5O2. The monoisotopic (exact) mass is 385 g/mol. The molecule has 3 aromatic rings. The number of nitrogens with zero attached hydrogens (tertiary/aromatic N) is 3. The molecule has 2 aromatic heterocycles. The van der Waals surface area contributed by atoms with Crippen LogP contribution in [0, 0.1) is 6.92 Å². The fraction of sp³-hybridized carbons (Fsp3) is 0.182. The maximum absolute atomic E-state index is 13.0. The quantitative estimate of drug-likeness (QED) is 0.709. The van der Waals surface area contributed by atoms with E-state index in [9.17, 15) is 9.59 Å². The van der Waals surface area contributed by atoms with Gasteiger partial charge in [0.1, 0.15) is 5.69 Å². The first-order chi connectivity index (χ1) is 14.1. The molecule has 0 bridgehead atoms. The van der Waals surface area contributed by atoms with Crippen molar-refractivity contribution in [1.29, 1.82) is 0 Å². The van der Waals surface area contributed by atoms with E-state index in [1.54, 1.807) is 29.6 Å². The van der Waals surface area contributed by atoms with E-state index >= 15 is 0 Å². The molecule has 0 saturated heterocycles. The highest BCUT2D eigenvalue weighted by atomic mass is 16.2. The first kappa shape index (κ1) is 17.4. The molecule has 5 rings (SSSR count). The van der Waals surface area contributed by atoms with E-state index in [-0.39, 0.29) is 18.0 Å². The third kappa shape index (κ3) is 2.82. The van der Waals surface area contributed by atoms with Crippen LogP contribution in [0.15, 0.2) is 55.0 Å². The van der Waals surface area contributed by atoms with Gasteiger partial charge in [-0.3, -0.25) is 19.7 Å². The standard InChI is InChI=1S/C22H19N5O2/c1-13-4-2-3-5-15(13)19-18-16(6-10-24-20(18)21(28)26-19)25-22(29)27-11-8-14-12-23-9-7-17(14)27/h2-7,9-10,12,19H,8,11H2,1H3,(H,26,28)(H,24,25,29). The number of fused-ring (bicyclic) bond motifs is 2. The molecular weight excluding hydrogens is 366 g/mol. The Morgan fingerprint density at radius 1 is 1.21 bits per heavy atom. The Labute approximate surface area is 167 Å². The van der Waals surface area contributed by atoms with Gasteiger partial charge >= 0.3 is 6.03 Å². The van der Waals surface area contributed by atoms with Gasteiger partial charge in [-0.1, -0.05) is 24.3 Å². The summed E-state index contributed by atoms with van der Waals surface area (Å²) in [7, 11) is 0. The number of aryl methyl sites for hydroxylation is 1. The number of benzene rings is 1. The highest BCUT2D eigenvalue weighted by Gasteiger charge is 2.35. The zero-order chi connectivity index (χ0) is 20.0. The van der Waals surface area contributed by atoms with E-state index in [4.69, 9.17) is 0 Å². The van der Waals surface area contributed by atoms with Gasteiger partial charge in [0.25, 0.3) is 5.91 Å². The van der Waals surface area contributed by atoms with Gasteiger partial charge in [-0.25, -0.2) is 4.79 Å². The van der Waals surface area contributed by atoms with Crippen LogP contribution in [0.2, 0.25) is 0 Å². The van der Waals surface area contributed by atoms with E-state index in [1.165, 1.54) is 0 Å². The summed E-state index contributed by atoms with van der Waals surface area (Å²) < 4.78 is 0. The van der Waals surface area contributed by atoms with Gasteiger partial charge in [0.2, 0.25) is 0 Å². The molecule has 1 atom stereocenters. The number of carbonyl (C=O) groups excluding carboxylic acids is 2. The fourth-order valence-electron chi connectivity index (χ4n) is 4.09. The highest BCUT2D eigenvalue weighted by Crippen LogP contribution is 2.37. The van der Waals surface area contributed by atoms with E-state index < -0.39 is 0 Å². The predicted octanol–water partition coefficient (Wildman–Crippen LogP) is 3.21. The van der Waals surface area contributed by atoms with Crippen LogP contribution in [0.5, 0.6) is 0 Å². The van der Waals surface area contributed by atoms with Gasteiger partial charge in [0.05, 0.1) is 17.4 Å². The van der Waals surface area contributed by atoms with E-state index in [0.29, 0.717) is 23.5 Å². The van der Waals surface area contributed by atoms with Gasteiger partial charge in [0.15, 0.2) is 0 Å². The van der Waals surface area contributed by atoms with Crippen molar-refractivity contribution in [2.75, 3.05) is 16.8 Å². The number of hydrogen-bond donors (Lipinski definition) is 2. The largest absolute Gasteiger partial charge is 0.340 e. The Morgan fingerprint density at radius 3 is 2.93 bits per heavy atom. The highest BCUT2D eigenvalue weighted by molar-refractivity contribution is 6.06. The molecule has 1 aromatic carbocycles. The molecule has 29 heavy (non-hydrogen) atoms. The summed E-state index contributed by atoms with van der Waals surface area (Å²) in [6, 6.07) is 10.9. The minimum atomic E-state index is -0.349. The lowest BCUT2D eigenvalue weighted by Crippen LogP contribution is -2.33. The second-order valence-corrected chi connectivity index (χ2v) is 7.22. The van der Waals surface area contributed by atoms with E-state index in [2.05, 4.69) is 20.6 Å². The lowest BCUT2D eigenvalue weighted by Gasteiger charge is -2.21. The fourth-order valence-corrected chi connectivity index (χ4v) is 4.09. The molecule has 2 N–H and O–H groups in total. The Hall–Kier alpha value is -3.74. The first-order valence-corrected chi connectivity index (χ1v) is 9.50. The Bertz CT molecular complexity index is 1140. The molecule has 4 heterocycles. The molecule has 7 nitrogen and oxygen atoms in total. The van der Waals surface area contributed by atoms with E-state index in [1.807, 2.05) is 37.3 Å². The van der Waals surface area contributed by atoms with Crippen molar-refractivity contribution in [3.8, 4) is 0 Å². The van der Waals surface area contributed by atoms with Crippen LogP contribution in [0.1, 0.15) is 38.8 Å². The zero-order valence-corrected chi connectivity index (χ0v) is 15.8. The summed E-state index contributed by atoms with van der Waals surface area (Å²) in [5.74, 6) is -0.234. The minimum absolute atomic E-state index is 0.230.